The first kappa shape index (κ1) is 9.14. The first-order valence-electron chi connectivity index (χ1n) is 4.57. The van der Waals surface area contributed by atoms with Gasteiger partial charge in [0.15, 0.2) is 5.82 Å². The van der Waals surface area contributed by atoms with Crippen molar-refractivity contribution in [1.82, 2.24) is 20.4 Å². The summed E-state index contributed by atoms with van der Waals surface area (Å²) in [5, 5.41) is 6.75. The lowest BCUT2D eigenvalue weighted by molar-refractivity contribution is 0.0685. The standard InChI is InChI=1S/C8H12N4O2/c1-6-10-7(14-11-6)8(13)12-4-2-9-3-5-12/h9H,2-5H2,1H3. The molecule has 1 N–H and O–H groups in total. The zero-order valence-electron chi connectivity index (χ0n) is 7.99. The van der Waals surface area contributed by atoms with Gasteiger partial charge in [0.05, 0.1) is 0 Å². The fraction of sp³-hybridized carbons (Fsp3) is 0.625. The highest BCUT2D eigenvalue weighted by Crippen LogP contribution is 2.03. The van der Waals surface area contributed by atoms with Crippen molar-refractivity contribution in [3.8, 4) is 0 Å². The van der Waals surface area contributed by atoms with E-state index in [-0.39, 0.29) is 11.8 Å². The molecule has 1 fully saturated rings. The normalized spacial score (nSPS) is 17.1. The monoisotopic (exact) mass is 196 g/mol. The maximum atomic E-state index is 11.7. The van der Waals surface area contributed by atoms with Gasteiger partial charge in [0.1, 0.15) is 0 Å². The van der Waals surface area contributed by atoms with E-state index in [4.69, 9.17) is 4.52 Å². The minimum absolute atomic E-state index is 0.0874. The van der Waals surface area contributed by atoms with Crippen molar-refractivity contribution >= 4 is 5.91 Å². The summed E-state index contributed by atoms with van der Waals surface area (Å²) in [6, 6.07) is 0. The van der Waals surface area contributed by atoms with Crippen LogP contribution in [0.15, 0.2) is 4.52 Å². The Bertz CT molecular complexity index is 330. The summed E-state index contributed by atoms with van der Waals surface area (Å²) in [7, 11) is 0. The van der Waals surface area contributed by atoms with Gasteiger partial charge in [0, 0.05) is 26.2 Å². The predicted octanol–water partition coefficient (Wildman–Crippen LogP) is -0.577. The number of carbonyl (C=O) groups excluding carboxylic acids is 1. The molecule has 2 rings (SSSR count). The molecule has 0 spiro atoms. The lowest BCUT2D eigenvalue weighted by atomic mass is 10.3. The van der Waals surface area contributed by atoms with Crippen molar-refractivity contribution in [3.63, 3.8) is 0 Å². The fourth-order valence-electron chi connectivity index (χ4n) is 1.39. The predicted molar refractivity (Wildman–Crippen MR) is 47.8 cm³/mol. The molecule has 6 nitrogen and oxygen atoms in total. The van der Waals surface area contributed by atoms with Crippen LogP contribution in [-0.4, -0.2) is 47.1 Å². The van der Waals surface area contributed by atoms with Crippen molar-refractivity contribution < 1.29 is 9.32 Å². The second kappa shape index (κ2) is 3.75. The summed E-state index contributed by atoms with van der Waals surface area (Å²) >= 11 is 0. The Morgan fingerprint density at radius 3 is 2.79 bits per heavy atom. The SMILES string of the molecule is Cc1noc(C(=O)N2CCNCC2)n1. The van der Waals surface area contributed by atoms with Crippen LogP contribution in [0.2, 0.25) is 0 Å². The smallest absolute Gasteiger partial charge is 0.316 e. The van der Waals surface area contributed by atoms with E-state index in [2.05, 4.69) is 15.5 Å². The summed E-state index contributed by atoms with van der Waals surface area (Å²) in [6.07, 6.45) is 0. The third-order valence-corrected chi connectivity index (χ3v) is 2.11. The number of hydrogen-bond acceptors (Lipinski definition) is 5. The summed E-state index contributed by atoms with van der Waals surface area (Å²) in [5.74, 6) is 0.403. The molecule has 6 heteroatoms. The molecule has 1 aromatic rings. The Kier molecular flexibility index (Phi) is 2.45. The summed E-state index contributed by atoms with van der Waals surface area (Å²) in [5.41, 5.74) is 0. The molecule has 0 bridgehead atoms. The topological polar surface area (TPSA) is 71.3 Å². The van der Waals surface area contributed by atoms with Crippen LogP contribution in [0, 0.1) is 6.92 Å². The van der Waals surface area contributed by atoms with Gasteiger partial charge in [-0.25, -0.2) is 0 Å². The zero-order valence-corrected chi connectivity index (χ0v) is 7.99. The van der Waals surface area contributed by atoms with Crippen LogP contribution in [0.3, 0.4) is 0 Å². The number of amides is 1. The van der Waals surface area contributed by atoms with Crippen LogP contribution in [-0.2, 0) is 0 Å². The molecule has 0 aromatic carbocycles. The molecule has 0 aliphatic carbocycles. The molecule has 1 aliphatic rings. The van der Waals surface area contributed by atoms with Crippen LogP contribution in [0.1, 0.15) is 16.5 Å². The third-order valence-electron chi connectivity index (χ3n) is 2.11. The minimum atomic E-state index is -0.174. The van der Waals surface area contributed by atoms with Gasteiger partial charge in [0.25, 0.3) is 0 Å². The van der Waals surface area contributed by atoms with Gasteiger partial charge in [-0.3, -0.25) is 4.79 Å². The minimum Gasteiger partial charge on any atom is -0.332 e. The van der Waals surface area contributed by atoms with E-state index < -0.39 is 0 Å². The second-order valence-corrected chi connectivity index (χ2v) is 3.19. The van der Waals surface area contributed by atoms with Gasteiger partial charge >= 0.3 is 11.8 Å². The third kappa shape index (κ3) is 1.74. The molecule has 0 saturated carbocycles. The highest BCUT2D eigenvalue weighted by Gasteiger charge is 2.22. The number of aromatic nitrogens is 2. The van der Waals surface area contributed by atoms with Gasteiger partial charge < -0.3 is 14.7 Å². The molecular formula is C8H12N4O2. The molecule has 76 valence electrons. The van der Waals surface area contributed by atoms with Crippen molar-refractivity contribution in [1.29, 1.82) is 0 Å². The van der Waals surface area contributed by atoms with E-state index in [0.29, 0.717) is 18.9 Å². The van der Waals surface area contributed by atoms with Crippen LogP contribution in [0.25, 0.3) is 0 Å². The molecule has 14 heavy (non-hydrogen) atoms. The average molecular weight is 196 g/mol. The summed E-state index contributed by atoms with van der Waals surface area (Å²) in [6.45, 7) is 4.72. The molecule has 0 radical (unpaired) electrons. The zero-order chi connectivity index (χ0) is 9.97. The lowest BCUT2D eigenvalue weighted by Gasteiger charge is -2.25. The van der Waals surface area contributed by atoms with Crippen LogP contribution in [0.5, 0.6) is 0 Å². The first-order chi connectivity index (χ1) is 6.77. The Morgan fingerprint density at radius 2 is 2.21 bits per heavy atom. The van der Waals surface area contributed by atoms with E-state index >= 15 is 0 Å². The number of piperazine rings is 1. The number of aryl methyl sites for hydroxylation is 1. The Morgan fingerprint density at radius 1 is 1.50 bits per heavy atom. The molecule has 1 aliphatic heterocycles. The summed E-state index contributed by atoms with van der Waals surface area (Å²) in [4.78, 5) is 17.3. The molecule has 0 atom stereocenters. The molecule has 1 aromatic heterocycles. The fourth-order valence-corrected chi connectivity index (χ4v) is 1.39. The van der Waals surface area contributed by atoms with Gasteiger partial charge in [-0.15, -0.1) is 0 Å². The molecular weight excluding hydrogens is 184 g/mol. The Balaban J connectivity index is 2.07. The molecule has 2 heterocycles. The largest absolute Gasteiger partial charge is 0.332 e. The van der Waals surface area contributed by atoms with Crippen LogP contribution < -0.4 is 5.32 Å². The number of rotatable bonds is 1. The van der Waals surface area contributed by atoms with Crippen molar-refractivity contribution in [2.75, 3.05) is 26.2 Å². The number of hydrogen-bond donors (Lipinski definition) is 1. The first-order valence-corrected chi connectivity index (χ1v) is 4.57. The van der Waals surface area contributed by atoms with Crippen LogP contribution in [0.4, 0.5) is 0 Å². The van der Waals surface area contributed by atoms with E-state index in [9.17, 15) is 4.79 Å². The highest BCUT2D eigenvalue weighted by atomic mass is 16.5. The Labute approximate surface area is 81.3 Å². The van der Waals surface area contributed by atoms with Crippen molar-refractivity contribution in [3.05, 3.63) is 11.7 Å². The van der Waals surface area contributed by atoms with Crippen molar-refractivity contribution in [2.24, 2.45) is 0 Å². The average Bonchev–Trinajstić information content (AvgIpc) is 2.65. The molecule has 1 amide bonds. The molecule has 1 saturated heterocycles. The van der Waals surface area contributed by atoms with Gasteiger partial charge in [0.2, 0.25) is 0 Å². The number of nitrogens with one attached hydrogen (secondary N) is 1. The van der Waals surface area contributed by atoms with Gasteiger partial charge in [-0.2, -0.15) is 4.98 Å². The number of nitrogens with zero attached hydrogens (tertiary/aromatic N) is 3. The van der Waals surface area contributed by atoms with Gasteiger partial charge in [-0.1, -0.05) is 5.16 Å². The van der Waals surface area contributed by atoms with E-state index in [1.54, 1.807) is 11.8 Å². The maximum Gasteiger partial charge on any atom is 0.316 e. The highest BCUT2D eigenvalue weighted by molar-refractivity contribution is 5.89. The second-order valence-electron chi connectivity index (χ2n) is 3.19. The van der Waals surface area contributed by atoms with E-state index in [1.165, 1.54) is 0 Å². The molecule has 0 unspecified atom stereocenters. The lowest BCUT2D eigenvalue weighted by Crippen LogP contribution is -2.46. The van der Waals surface area contributed by atoms with Crippen LogP contribution >= 0.6 is 0 Å². The van der Waals surface area contributed by atoms with Crippen molar-refractivity contribution in [2.45, 2.75) is 6.92 Å². The van der Waals surface area contributed by atoms with E-state index in [1.807, 2.05) is 0 Å². The van der Waals surface area contributed by atoms with E-state index in [0.717, 1.165) is 13.1 Å². The number of carbonyl (C=O) groups is 1. The maximum absolute atomic E-state index is 11.7. The quantitative estimate of drug-likeness (QED) is 0.651. The summed E-state index contributed by atoms with van der Waals surface area (Å²) < 4.78 is 4.81. The van der Waals surface area contributed by atoms with Gasteiger partial charge in [-0.05, 0) is 6.92 Å². The Hall–Kier alpha value is -1.43.